The summed E-state index contributed by atoms with van der Waals surface area (Å²) in [6.07, 6.45) is 4.81. The summed E-state index contributed by atoms with van der Waals surface area (Å²) in [5.74, 6) is 0.617. The Hall–Kier alpha value is -0.770. The van der Waals surface area contributed by atoms with Crippen molar-refractivity contribution >= 4 is 5.96 Å². The van der Waals surface area contributed by atoms with Gasteiger partial charge in [0, 0.05) is 12.6 Å². The van der Waals surface area contributed by atoms with Crippen molar-refractivity contribution in [1.29, 1.82) is 0 Å². The minimum atomic E-state index is 0.343. The van der Waals surface area contributed by atoms with E-state index in [0.717, 1.165) is 19.4 Å². The van der Waals surface area contributed by atoms with Gasteiger partial charge in [-0.05, 0) is 32.6 Å². The summed E-state index contributed by atoms with van der Waals surface area (Å²) in [7, 11) is 0. The molecule has 2 fully saturated rings. The maximum Gasteiger partial charge on any atom is 0.189 e. The fourth-order valence-corrected chi connectivity index (χ4v) is 1.78. The molecule has 0 radical (unpaired) electrons. The van der Waals surface area contributed by atoms with Crippen molar-refractivity contribution in [1.82, 2.24) is 5.32 Å². The fourth-order valence-electron chi connectivity index (χ4n) is 1.78. The fraction of sp³-hybridized carbons (Fsp3) is 0.900. The van der Waals surface area contributed by atoms with Gasteiger partial charge in [0.05, 0.1) is 12.1 Å². The third-order valence-electron chi connectivity index (χ3n) is 2.71. The second kappa shape index (κ2) is 4.17. The molecule has 0 aromatic carbocycles. The number of guanidine groups is 1. The summed E-state index contributed by atoms with van der Waals surface area (Å²) in [6, 6.07) is 0.945. The Kier molecular flexibility index (Phi) is 2.91. The Morgan fingerprint density at radius 1 is 1.43 bits per heavy atom. The molecular formula is C10H19N3O. The third kappa shape index (κ3) is 2.87. The molecule has 80 valence electrons. The second-order valence-electron chi connectivity index (χ2n) is 4.29. The first-order valence-corrected chi connectivity index (χ1v) is 5.45. The Bertz CT molecular complexity index is 225. The molecule has 2 rings (SSSR count). The van der Waals surface area contributed by atoms with Crippen LogP contribution in [0, 0.1) is 0 Å². The predicted octanol–water partition coefficient (Wildman–Crippen LogP) is 0.621. The highest BCUT2D eigenvalue weighted by atomic mass is 16.5. The zero-order valence-corrected chi connectivity index (χ0v) is 8.70. The molecule has 2 unspecified atom stereocenters. The average molecular weight is 197 g/mol. The molecule has 1 heterocycles. The first kappa shape index (κ1) is 9.77. The van der Waals surface area contributed by atoms with Crippen molar-refractivity contribution in [2.45, 2.75) is 50.8 Å². The number of nitrogens with two attached hydrogens (primary N) is 1. The van der Waals surface area contributed by atoms with Gasteiger partial charge in [0.25, 0.3) is 0 Å². The van der Waals surface area contributed by atoms with Gasteiger partial charge in [-0.25, -0.2) is 0 Å². The van der Waals surface area contributed by atoms with Crippen LogP contribution in [-0.4, -0.2) is 30.8 Å². The molecule has 0 bridgehead atoms. The number of nitrogens with zero attached hydrogens (tertiary/aromatic N) is 1. The van der Waals surface area contributed by atoms with Crippen molar-refractivity contribution in [2.24, 2.45) is 10.7 Å². The minimum Gasteiger partial charge on any atom is -0.378 e. The molecule has 4 nitrogen and oxygen atoms in total. The lowest BCUT2D eigenvalue weighted by atomic mass is 10.0. The number of hydrogen-bond acceptors (Lipinski definition) is 2. The van der Waals surface area contributed by atoms with Crippen LogP contribution in [0.5, 0.6) is 0 Å². The Labute approximate surface area is 84.9 Å². The van der Waals surface area contributed by atoms with Crippen LogP contribution in [-0.2, 0) is 4.74 Å². The van der Waals surface area contributed by atoms with E-state index in [1.165, 1.54) is 12.8 Å². The molecule has 0 aromatic heterocycles. The summed E-state index contributed by atoms with van der Waals surface area (Å²) < 4.78 is 5.46. The van der Waals surface area contributed by atoms with Crippen molar-refractivity contribution in [3.05, 3.63) is 0 Å². The first-order valence-electron chi connectivity index (χ1n) is 5.45. The summed E-state index contributed by atoms with van der Waals surface area (Å²) >= 11 is 0. The number of rotatable bonds is 2. The molecular weight excluding hydrogens is 178 g/mol. The van der Waals surface area contributed by atoms with Gasteiger partial charge in [-0.3, -0.25) is 4.99 Å². The van der Waals surface area contributed by atoms with E-state index < -0.39 is 0 Å². The highest BCUT2D eigenvalue weighted by Gasteiger charge is 2.22. The van der Waals surface area contributed by atoms with E-state index in [2.05, 4.69) is 17.2 Å². The molecule has 1 saturated carbocycles. The van der Waals surface area contributed by atoms with Crippen LogP contribution in [0.15, 0.2) is 4.99 Å². The van der Waals surface area contributed by atoms with E-state index in [9.17, 15) is 0 Å². The predicted molar refractivity (Wildman–Crippen MR) is 56.2 cm³/mol. The van der Waals surface area contributed by atoms with E-state index in [0.29, 0.717) is 24.1 Å². The second-order valence-corrected chi connectivity index (χ2v) is 4.29. The van der Waals surface area contributed by atoms with E-state index >= 15 is 0 Å². The Morgan fingerprint density at radius 3 is 2.86 bits per heavy atom. The maximum absolute atomic E-state index is 5.79. The zero-order valence-electron chi connectivity index (χ0n) is 8.70. The highest BCUT2D eigenvalue weighted by molar-refractivity contribution is 5.78. The van der Waals surface area contributed by atoms with Crippen LogP contribution < -0.4 is 11.1 Å². The molecule has 14 heavy (non-hydrogen) atoms. The number of ether oxygens (including phenoxy) is 1. The first-order chi connectivity index (χ1) is 6.74. The van der Waals surface area contributed by atoms with Crippen LogP contribution in [0.25, 0.3) is 0 Å². The molecule has 0 amide bonds. The van der Waals surface area contributed by atoms with E-state index in [-0.39, 0.29) is 0 Å². The van der Waals surface area contributed by atoms with Crippen LogP contribution in [0.1, 0.15) is 32.6 Å². The third-order valence-corrected chi connectivity index (χ3v) is 2.71. The van der Waals surface area contributed by atoms with Gasteiger partial charge < -0.3 is 15.8 Å². The lowest BCUT2D eigenvalue weighted by molar-refractivity contribution is 0.0166. The number of nitrogens with one attached hydrogen (secondary N) is 1. The summed E-state index contributed by atoms with van der Waals surface area (Å²) in [5, 5.41) is 3.27. The summed E-state index contributed by atoms with van der Waals surface area (Å²) in [4.78, 5) is 4.35. The normalized spacial score (nSPS) is 34.2. The van der Waals surface area contributed by atoms with Crippen molar-refractivity contribution < 1.29 is 4.74 Å². The monoisotopic (exact) mass is 197 g/mol. The topological polar surface area (TPSA) is 59.6 Å². The number of hydrogen-bond donors (Lipinski definition) is 2. The van der Waals surface area contributed by atoms with Gasteiger partial charge in [-0.2, -0.15) is 0 Å². The lowest BCUT2D eigenvalue weighted by Gasteiger charge is -2.28. The molecule has 3 N–H and O–H groups in total. The lowest BCUT2D eigenvalue weighted by Crippen LogP contribution is -2.44. The van der Waals surface area contributed by atoms with Crippen LogP contribution >= 0.6 is 0 Å². The standard InChI is InChI=1S/C10H19N3O/c1-7-6-9(4-5-14-7)13-10(11)12-8-2-3-8/h7-9H,2-6H2,1H3,(H3,11,12,13). The number of aliphatic imine (C=N–C) groups is 1. The van der Waals surface area contributed by atoms with Crippen LogP contribution in [0.4, 0.5) is 0 Å². The largest absolute Gasteiger partial charge is 0.378 e. The van der Waals surface area contributed by atoms with Gasteiger partial charge >= 0.3 is 0 Å². The smallest absolute Gasteiger partial charge is 0.189 e. The van der Waals surface area contributed by atoms with Crippen molar-refractivity contribution in [3.8, 4) is 0 Å². The maximum atomic E-state index is 5.79. The minimum absolute atomic E-state index is 0.343. The van der Waals surface area contributed by atoms with Crippen molar-refractivity contribution in [2.75, 3.05) is 6.61 Å². The Balaban J connectivity index is 1.77. The molecule has 1 saturated heterocycles. The molecule has 2 aliphatic rings. The van der Waals surface area contributed by atoms with Gasteiger partial charge in [0.2, 0.25) is 0 Å². The molecule has 4 heteroatoms. The quantitative estimate of drug-likeness (QED) is 0.504. The molecule has 0 spiro atoms. The SMILES string of the molecule is CC1CC(NC(N)=NC2CC2)CCO1. The van der Waals surface area contributed by atoms with E-state index in [4.69, 9.17) is 10.5 Å². The van der Waals surface area contributed by atoms with Gasteiger partial charge in [0.1, 0.15) is 0 Å². The van der Waals surface area contributed by atoms with Crippen LogP contribution in [0.2, 0.25) is 0 Å². The summed E-state index contributed by atoms with van der Waals surface area (Å²) in [5.41, 5.74) is 5.79. The van der Waals surface area contributed by atoms with E-state index in [1.807, 2.05) is 0 Å². The van der Waals surface area contributed by atoms with Gasteiger partial charge in [0.15, 0.2) is 5.96 Å². The molecule has 1 aliphatic heterocycles. The summed E-state index contributed by atoms with van der Waals surface area (Å²) in [6.45, 7) is 2.93. The van der Waals surface area contributed by atoms with E-state index in [1.54, 1.807) is 0 Å². The highest BCUT2D eigenvalue weighted by Crippen LogP contribution is 2.23. The van der Waals surface area contributed by atoms with Crippen LogP contribution in [0.3, 0.4) is 0 Å². The zero-order chi connectivity index (χ0) is 9.97. The molecule has 1 aliphatic carbocycles. The van der Waals surface area contributed by atoms with Crippen molar-refractivity contribution in [3.63, 3.8) is 0 Å². The Morgan fingerprint density at radius 2 is 2.21 bits per heavy atom. The molecule has 0 aromatic rings. The average Bonchev–Trinajstić information content (AvgIpc) is 2.87. The van der Waals surface area contributed by atoms with Gasteiger partial charge in [-0.15, -0.1) is 0 Å². The molecule has 2 atom stereocenters. The van der Waals surface area contributed by atoms with Gasteiger partial charge in [-0.1, -0.05) is 0 Å².